The molecule has 0 saturated carbocycles. The summed E-state index contributed by atoms with van der Waals surface area (Å²) >= 11 is 0. The maximum absolute atomic E-state index is 3.93. The highest BCUT2D eigenvalue weighted by Gasteiger charge is 1.89. The van der Waals surface area contributed by atoms with Crippen LogP contribution in [0.2, 0.25) is 0 Å². The average Bonchev–Trinajstić information content (AvgIpc) is 1.89. The van der Waals surface area contributed by atoms with E-state index in [-0.39, 0.29) is 0 Å². The molecular weight excluding hydrogens is 131 g/mol. The van der Waals surface area contributed by atoms with Crippen LogP contribution >= 0.6 is 9.24 Å². The van der Waals surface area contributed by atoms with Crippen LogP contribution in [-0.4, -0.2) is 12.0 Å². The maximum atomic E-state index is 3.93. The van der Waals surface area contributed by atoms with E-state index in [4.69, 9.17) is 0 Å². The van der Waals surface area contributed by atoms with E-state index >= 15 is 0 Å². The van der Waals surface area contributed by atoms with Crippen LogP contribution in [0.15, 0.2) is 18.5 Å². The van der Waals surface area contributed by atoms with Crippen LogP contribution in [0, 0.1) is 0 Å². The molecule has 0 amide bonds. The monoisotopic (exact) mass is 140 g/mol. The van der Waals surface area contributed by atoms with Gasteiger partial charge in [-0.3, -0.25) is 4.98 Å². The molecule has 2 nitrogen and oxygen atoms in total. The third kappa shape index (κ3) is 1.39. The van der Waals surface area contributed by atoms with Crippen LogP contribution < -0.4 is 10.6 Å². The van der Waals surface area contributed by atoms with Gasteiger partial charge >= 0.3 is 0 Å². The van der Waals surface area contributed by atoms with E-state index in [2.05, 4.69) is 19.5 Å². The molecule has 0 aliphatic heterocycles. The van der Waals surface area contributed by atoms with Crippen molar-refractivity contribution in [2.24, 2.45) is 0 Å². The highest BCUT2D eigenvalue weighted by atomic mass is 31.0. The summed E-state index contributed by atoms with van der Waals surface area (Å²) in [4.78, 5) is 3.93. The van der Waals surface area contributed by atoms with Gasteiger partial charge in [-0.05, 0) is 6.07 Å². The molecule has 1 heterocycles. The third-order valence-electron chi connectivity index (χ3n) is 1.12. The second-order valence-electron chi connectivity index (χ2n) is 1.71. The molecule has 0 aromatic carbocycles. The van der Waals surface area contributed by atoms with Crippen molar-refractivity contribution < 1.29 is 0 Å². The van der Waals surface area contributed by atoms with Crippen molar-refractivity contribution in [3.63, 3.8) is 0 Å². The van der Waals surface area contributed by atoms with Gasteiger partial charge in [0.25, 0.3) is 0 Å². The van der Waals surface area contributed by atoms with E-state index in [1.54, 1.807) is 12.4 Å². The molecule has 0 spiro atoms. The SMILES string of the molecule is CNc1ccncc1P. The van der Waals surface area contributed by atoms with Crippen molar-refractivity contribution in [2.45, 2.75) is 0 Å². The van der Waals surface area contributed by atoms with Gasteiger partial charge in [0.15, 0.2) is 0 Å². The van der Waals surface area contributed by atoms with E-state index in [1.165, 1.54) is 0 Å². The van der Waals surface area contributed by atoms with Gasteiger partial charge in [0.05, 0.1) is 0 Å². The lowest BCUT2D eigenvalue weighted by Crippen LogP contribution is -2.01. The Labute approximate surface area is 56.9 Å². The normalized spacial score (nSPS) is 9.11. The predicted molar refractivity (Wildman–Crippen MR) is 43.1 cm³/mol. The van der Waals surface area contributed by atoms with Gasteiger partial charge in [-0.1, -0.05) is 0 Å². The van der Waals surface area contributed by atoms with E-state index in [0.717, 1.165) is 11.0 Å². The number of hydrogen-bond acceptors (Lipinski definition) is 2. The minimum atomic E-state index is 1.10. The van der Waals surface area contributed by atoms with Crippen LogP contribution in [0.25, 0.3) is 0 Å². The lowest BCUT2D eigenvalue weighted by molar-refractivity contribution is 1.34. The number of nitrogens with one attached hydrogen (secondary N) is 1. The fourth-order valence-electron chi connectivity index (χ4n) is 0.634. The molecule has 0 aliphatic carbocycles. The fourth-order valence-corrected chi connectivity index (χ4v) is 0.961. The summed E-state index contributed by atoms with van der Waals surface area (Å²) in [6.07, 6.45) is 3.57. The van der Waals surface area contributed by atoms with Gasteiger partial charge in [0, 0.05) is 30.4 Å². The Morgan fingerprint density at radius 1 is 1.67 bits per heavy atom. The van der Waals surface area contributed by atoms with Gasteiger partial charge in [0.2, 0.25) is 0 Å². The van der Waals surface area contributed by atoms with E-state index in [9.17, 15) is 0 Å². The Kier molecular flexibility index (Phi) is 2.01. The molecule has 0 saturated heterocycles. The summed E-state index contributed by atoms with van der Waals surface area (Å²) in [7, 11) is 4.50. The Balaban J connectivity index is 3.01. The largest absolute Gasteiger partial charge is 0.388 e. The summed E-state index contributed by atoms with van der Waals surface area (Å²) < 4.78 is 0. The van der Waals surface area contributed by atoms with Crippen LogP contribution in [0.4, 0.5) is 5.69 Å². The molecule has 1 unspecified atom stereocenters. The number of nitrogens with zero attached hydrogens (tertiary/aromatic N) is 1. The standard InChI is InChI=1S/C6H9N2P/c1-7-5-2-3-8-4-6(5)9/h2-4H,9H2,1H3,(H,7,8). The summed E-state index contributed by atoms with van der Waals surface area (Å²) in [5.41, 5.74) is 1.11. The van der Waals surface area contributed by atoms with Crippen molar-refractivity contribution in [2.75, 3.05) is 12.4 Å². The van der Waals surface area contributed by atoms with Gasteiger partial charge in [-0.15, -0.1) is 9.24 Å². The molecule has 3 heteroatoms. The summed E-state index contributed by atoms with van der Waals surface area (Å²) in [5.74, 6) is 0. The highest BCUT2D eigenvalue weighted by molar-refractivity contribution is 7.28. The number of pyridine rings is 1. The Morgan fingerprint density at radius 3 is 2.89 bits per heavy atom. The minimum absolute atomic E-state index is 1.10. The van der Waals surface area contributed by atoms with Crippen molar-refractivity contribution in [1.29, 1.82) is 0 Å². The zero-order chi connectivity index (χ0) is 6.69. The molecular formula is C6H9N2P. The number of hydrogen-bond donors (Lipinski definition) is 1. The van der Waals surface area contributed by atoms with Gasteiger partial charge in [0.1, 0.15) is 0 Å². The number of aromatic nitrogens is 1. The number of anilines is 1. The van der Waals surface area contributed by atoms with Crippen LogP contribution in [0.1, 0.15) is 0 Å². The molecule has 1 atom stereocenters. The first kappa shape index (κ1) is 6.50. The molecule has 1 aromatic heterocycles. The van der Waals surface area contributed by atoms with E-state index < -0.39 is 0 Å². The van der Waals surface area contributed by atoms with Crippen LogP contribution in [-0.2, 0) is 0 Å². The first-order valence-electron chi connectivity index (χ1n) is 2.72. The third-order valence-corrected chi connectivity index (χ3v) is 1.58. The minimum Gasteiger partial charge on any atom is -0.388 e. The molecule has 1 aromatic rings. The summed E-state index contributed by atoms with van der Waals surface area (Å²) in [6.45, 7) is 0. The van der Waals surface area contributed by atoms with Crippen molar-refractivity contribution in [1.82, 2.24) is 4.98 Å². The molecule has 1 rings (SSSR count). The average molecular weight is 140 g/mol. The summed E-state index contributed by atoms with van der Waals surface area (Å²) in [6, 6.07) is 1.93. The molecule has 48 valence electrons. The van der Waals surface area contributed by atoms with Crippen molar-refractivity contribution in [3.8, 4) is 0 Å². The second-order valence-corrected chi connectivity index (χ2v) is 2.33. The molecule has 0 fully saturated rings. The predicted octanol–water partition coefficient (Wildman–Crippen LogP) is 0.624. The van der Waals surface area contributed by atoms with Crippen molar-refractivity contribution >= 4 is 20.2 Å². The van der Waals surface area contributed by atoms with Gasteiger partial charge in [-0.25, -0.2) is 0 Å². The van der Waals surface area contributed by atoms with Gasteiger partial charge in [-0.2, -0.15) is 0 Å². The lowest BCUT2D eigenvalue weighted by Gasteiger charge is -2.00. The molecule has 0 aliphatic rings. The topological polar surface area (TPSA) is 24.9 Å². The first-order valence-corrected chi connectivity index (χ1v) is 3.29. The second kappa shape index (κ2) is 2.79. The Hall–Kier alpha value is -0.620. The summed E-state index contributed by atoms with van der Waals surface area (Å²) in [5, 5.41) is 4.13. The molecule has 1 N–H and O–H groups in total. The zero-order valence-corrected chi connectivity index (χ0v) is 6.41. The Bertz CT molecular complexity index is 200. The van der Waals surface area contributed by atoms with Crippen LogP contribution in [0.3, 0.4) is 0 Å². The zero-order valence-electron chi connectivity index (χ0n) is 5.26. The van der Waals surface area contributed by atoms with Crippen molar-refractivity contribution in [3.05, 3.63) is 18.5 Å². The van der Waals surface area contributed by atoms with Gasteiger partial charge < -0.3 is 5.32 Å². The Morgan fingerprint density at radius 2 is 2.44 bits per heavy atom. The smallest absolute Gasteiger partial charge is 0.0441 e. The maximum Gasteiger partial charge on any atom is 0.0441 e. The van der Waals surface area contributed by atoms with E-state index in [0.29, 0.717) is 0 Å². The van der Waals surface area contributed by atoms with E-state index in [1.807, 2.05) is 13.1 Å². The fraction of sp³-hybridized carbons (Fsp3) is 0.167. The first-order chi connectivity index (χ1) is 4.34. The molecule has 0 bridgehead atoms. The molecule has 0 radical (unpaired) electrons. The lowest BCUT2D eigenvalue weighted by atomic mass is 10.4. The quantitative estimate of drug-likeness (QED) is 0.578. The highest BCUT2D eigenvalue weighted by Crippen LogP contribution is 2.02. The number of rotatable bonds is 1. The van der Waals surface area contributed by atoms with Crippen LogP contribution in [0.5, 0.6) is 0 Å². The molecule has 9 heavy (non-hydrogen) atoms.